The Hall–Kier alpha value is -3.35. The second-order valence-corrected chi connectivity index (χ2v) is 6.88. The zero-order valence-electron chi connectivity index (χ0n) is 17.4. The summed E-state index contributed by atoms with van der Waals surface area (Å²) in [5.74, 6) is 2.41. The van der Waals surface area contributed by atoms with E-state index >= 15 is 0 Å². The van der Waals surface area contributed by atoms with Gasteiger partial charge in [-0.2, -0.15) is 5.10 Å². The van der Waals surface area contributed by atoms with E-state index < -0.39 is 0 Å². The number of guanidine groups is 1. The van der Waals surface area contributed by atoms with Gasteiger partial charge in [-0.05, 0) is 50.6 Å². The van der Waals surface area contributed by atoms with Gasteiger partial charge in [-0.1, -0.05) is 23.8 Å². The summed E-state index contributed by atoms with van der Waals surface area (Å²) in [6.45, 7) is 7.90. The molecule has 0 spiro atoms. The van der Waals surface area contributed by atoms with Crippen LogP contribution in [0.25, 0.3) is 5.82 Å². The van der Waals surface area contributed by atoms with Crippen LogP contribution < -0.4 is 15.4 Å². The first-order valence-electron chi connectivity index (χ1n) is 9.67. The number of nitrogens with one attached hydrogen (secondary N) is 2. The normalized spacial score (nSPS) is 11.4. The first kappa shape index (κ1) is 20.4. The van der Waals surface area contributed by atoms with E-state index in [-0.39, 0.29) is 0 Å². The van der Waals surface area contributed by atoms with Gasteiger partial charge in [-0.15, -0.1) is 0 Å². The van der Waals surface area contributed by atoms with E-state index in [0.29, 0.717) is 19.7 Å². The molecule has 0 amide bonds. The minimum Gasteiger partial charge on any atom is -0.492 e. The van der Waals surface area contributed by atoms with Gasteiger partial charge in [0.1, 0.15) is 12.4 Å². The Morgan fingerprint density at radius 3 is 2.48 bits per heavy atom. The van der Waals surface area contributed by atoms with Crippen LogP contribution in [0.4, 0.5) is 0 Å². The molecule has 0 aliphatic carbocycles. The number of aromatic nitrogens is 3. The largest absolute Gasteiger partial charge is 0.492 e. The molecule has 0 bridgehead atoms. The highest BCUT2D eigenvalue weighted by Gasteiger charge is 2.05. The SMILES string of the molecule is CN=C(NCCOc1ccc(C)cc1)NCc1ccc(-n2nc(C)cc2C)nc1. The topological polar surface area (TPSA) is 76.4 Å². The van der Waals surface area contributed by atoms with Crippen LogP contribution in [0.5, 0.6) is 5.75 Å². The van der Waals surface area contributed by atoms with E-state index in [9.17, 15) is 0 Å². The first-order chi connectivity index (χ1) is 14.0. The zero-order chi connectivity index (χ0) is 20.6. The van der Waals surface area contributed by atoms with Crippen molar-refractivity contribution < 1.29 is 4.74 Å². The van der Waals surface area contributed by atoms with E-state index in [1.54, 1.807) is 7.05 Å². The fourth-order valence-electron chi connectivity index (χ4n) is 2.89. The van der Waals surface area contributed by atoms with Crippen molar-refractivity contribution in [3.63, 3.8) is 0 Å². The number of aliphatic imine (C=N–C) groups is 1. The molecule has 7 nitrogen and oxygen atoms in total. The molecule has 0 saturated carbocycles. The number of pyridine rings is 1. The van der Waals surface area contributed by atoms with Gasteiger partial charge in [0.2, 0.25) is 0 Å². The maximum atomic E-state index is 5.72. The van der Waals surface area contributed by atoms with Crippen LogP contribution in [0, 0.1) is 20.8 Å². The van der Waals surface area contributed by atoms with Crippen LogP contribution in [0.15, 0.2) is 53.7 Å². The van der Waals surface area contributed by atoms with Gasteiger partial charge in [-0.25, -0.2) is 9.67 Å². The Kier molecular flexibility index (Phi) is 6.84. The van der Waals surface area contributed by atoms with E-state index in [2.05, 4.69) is 32.6 Å². The molecule has 2 heterocycles. The molecule has 3 aromatic rings. The van der Waals surface area contributed by atoms with Gasteiger partial charge < -0.3 is 15.4 Å². The Morgan fingerprint density at radius 2 is 1.86 bits per heavy atom. The number of benzene rings is 1. The maximum absolute atomic E-state index is 5.72. The Morgan fingerprint density at radius 1 is 1.07 bits per heavy atom. The predicted octanol–water partition coefficient (Wildman–Crippen LogP) is 2.94. The summed E-state index contributed by atoms with van der Waals surface area (Å²) in [6.07, 6.45) is 1.85. The fourth-order valence-corrected chi connectivity index (χ4v) is 2.89. The van der Waals surface area contributed by atoms with Crippen LogP contribution in [-0.4, -0.2) is 40.9 Å². The summed E-state index contributed by atoms with van der Waals surface area (Å²) < 4.78 is 7.57. The standard InChI is InChI=1S/C22H28N6O/c1-16-5-8-20(9-6-16)29-12-11-24-22(23-4)26-15-19-7-10-21(25-14-19)28-18(3)13-17(2)27-28/h5-10,13-14H,11-12,15H2,1-4H3,(H2,23,24,26). The molecule has 0 saturated heterocycles. The second-order valence-electron chi connectivity index (χ2n) is 6.88. The molecular weight excluding hydrogens is 364 g/mol. The van der Waals surface area contributed by atoms with Gasteiger partial charge >= 0.3 is 0 Å². The molecule has 2 N–H and O–H groups in total. The third-order valence-corrected chi connectivity index (χ3v) is 4.40. The number of hydrogen-bond donors (Lipinski definition) is 2. The molecule has 0 unspecified atom stereocenters. The predicted molar refractivity (Wildman–Crippen MR) is 116 cm³/mol. The summed E-state index contributed by atoms with van der Waals surface area (Å²) in [4.78, 5) is 8.77. The monoisotopic (exact) mass is 392 g/mol. The smallest absolute Gasteiger partial charge is 0.191 e. The number of aryl methyl sites for hydroxylation is 3. The number of ether oxygens (including phenoxy) is 1. The number of rotatable bonds is 7. The van der Waals surface area contributed by atoms with Crippen molar-refractivity contribution >= 4 is 5.96 Å². The van der Waals surface area contributed by atoms with Crippen molar-refractivity contribution in [3.8, 4) is 11.6 Å². The number of hydrogen-bond acceptors (Lipinski definition) is 4. The summed E-state index contributed by atoms with van der Waals surface area (Å²) in [7, 11) is 1.75. The molecule has 7 heteroatoms. The van der Waals surface area contributed by atoms with Crippen LogP contribution >= 0.6 is 0 Å². The van der Waals surface area contributed by atoms with E-state index in [0.717, 1.165) is 34.5 Å². The molecular formula is C22H28N6O. The lowest BCUT2D eigenvalue weighted by atomic mass is 10.2. The van der Waals surface area contributed by atoms with Crippen molar-refractivity contribution in [2.75, 3.05) is 20.2 Å². The molecule has 3 rings (SSSR count). The number of nitrogens with zero attached hydrogens (tertiary/aromatic N) is 4. The highest BCUT2D eigenvalue weighted by Crippen LogP contribution is 2.11. The van der Waals surface area contributed by atoms with Gasteiger partial charge in [0.05, 0.1) is 12.2 Å². The zero-order valence-corrected chi connectivity index (χ0v) is 17.4. The van der Waals surface area contributed by atoms with Crippen molar-refractivity contribution in [2.24, 2.45) is 4.99 Å². The molecule has 29 heavy (non-hydrogen) atoms. The lowest BCUT2D eigenvalue weighted by Crippen LogP contribution is -2.38. The molecule has 1 aromatic carbocycles. The second kappa shape index (κ2) is 9.73. The quantitative estimate of drug-likeness (QED) is 0.367. The minimum atomic E-state index is 0.558. The molecule has 2 aromatic heterocycles. The molecule has 152 valence electrons. The van der Waals surface area contributed by atoms with Crippen LogP contribution in [0.1, 0.15) is 22.5 Å². The lowest BCUT2D eigenvalue weighted by Gasteiger charge is -2.13. The van der Waals surface area contributed by atoms with Crippen molar-refractivity contribution in [3.05, 3.63) is 71.2 Å². The van der Waals surface area contributed by atoms with Crippen LogP contribution in [0.2, 0.25) is 0 Å². The molecule has 0 fully saturated rings. The Bertz CT molecular complexity index is 944. The van der Waals surface area contributed by atoms with Crippen LogP contribution in [-0.2, 0) is 6.54 Å². The van der Waals surface area contributed by atoms with Crippen LogP contribution in [0.3, 0.4) is 0 Å². The highest BCUT2D eigenvalue weighted by molar-refractivity contribution is 5.79. The first-order valence-corrected chi connectivity index (χ1v) is 9.67. The molecule has 0 aliphatic rings. The Balaban J connectivity index is 1.44. The average Bonchev–Trinajstić information content (AvgIpc) is 3.07. The lowest BCUT2D eigenvalue weighted by molar-refractivity contribution is 0.322. The summed E-state index contributed by atoms with van der Waals surface area (Å²) in [5.41, 5.74) is 4.33. The van der Waals surface area contributed by atoms with Gasteiger partial charge in [0.15, 0.2) is 11.8 Å². The average molecular weight is 393 g/mol. The van der Waals surface area contributed by atoms with Crippen molar-refractivity contribution in [1.82, 2.24) is 25.4 Å². The summed E-state index contributed by atoms with van der Waals surface area (Å²) >= 11 is 0. The maximum Gasteiger partial charge on any atom is 0.191 e. The summed E-state index contributed by atoms with van der Waals surface area (Å²) in [6, 6.07) is 14.1. The molecule has 0 atom stereocenters. The minimum absolute atomic E-state index is 0.558. The molecule has 0 radical (unpaired) electrons. The van der Waals surface area contributed by atoms with Crippen molar-refractivity contribution in [2.45, 2.75) is 27.3 Å². The highest BCUT2D eigenvalue weighted by atomic mass is 16.5. The van der Waals surface area contributed by atoms with Crippen molar-refractivity contribution in [1.29, 1.82) is 0 Å². The Labute approximate surface area is 171 Å². The molecule has 0 aliphatic heterocycles. The van der Waals surface area contributed by atoms with Gasteiger partial charge in [0.25, 0.3) is 0 Å². The van der Waals surface area contributed by atoms with E-state index in [1.807, 2.05) is 67.2 Å². The van der Waals surface area contributed by atoms with E-state index in [1.165, 1.54) is 5.56 Å². The third-order valence-electron chi connectivity index (χ3n) is 4.40. The summed E-state index contributed by atoms with van der Waals surface area (Å²) in [5, 5.41) is 11.0. The van der Waals surface area contributed by atoms with Gasteiger partial charge in [0, 0.05) is 25.5 Å². The van der Waals surface area contributed by atoms with Gasteiger partial charge in [-0.3, -0.25) is 4.99 Å². The van der Waals surface area contributed by atoms with E-state index in [4.69, 9.17) is 4.74 Å². The fraction of sp³-hybridized carbons (Fsp3) is 0.318. The third kappa shape index (κ3) is 5.81.